The molecule has 0 radical (unpaired) electrons. The number of hydrogen-bond donors (Lipinski definition) is 3. The van der Waals surface area contributed by atoms with E-state index >= 15 is 0 Å². The van der Waals surface area contributed by atoms with Crippen LogP contribution in [0.15, 0.2) is 66.9 Å². The maximum Gasteiger partial charge on any atom is 0.287 e. The molecule has 7 nitrogen and oxygen atoms in total. The van der Waals surface area contributed by atoms with Crippen molar-refractivity contribution in [2.75, 3.05) is 0 Å². The van der Waals surface area contributed by atoms with Crippen LogP contribution in [-0.4, -0.2) is 33.8 Å². The van der Waals surface area contributed by atoms with Gasteiger partial charge in [-0.3, -0.25) is 19.5 Å². The molecule has 136 valence electrons. The van der Waals surface area contributed by atoms with Crippen LogP contribution in [0.4, 0.5) is 0 Å². The minimum Gasteiger partial charge on any atom is -0.363 e. The number of aromatic amines is 1. The van der Waals surface area contributed by atoms with Crippen molar-refractivity contribution in [3.8, 4) is 11.1 Å². The molecule has 0 spiro atoms. The molecule has 0 saturated heterocycles. The number of rotatable bonds is 7. The summed E-state index contributed by atoms with van der Waals surface area (Å²) in [5.41, 5.74) is 7.55. The molecule has 7 heteroatoms. The number of aromatic nitrogens is 2. The van der Waals surface area contributed by atoms with Gasteiger partial charge in [0.2, 0.25) is 5.78 Å². The van der Waals surface area contributed by atoms with Crippen LogP contribution in [0.3, 0.4) is 0 Å². The van der Waals surface area contributed by atoms with Crippen LogP contribution < -0.4 is 11.1 Å². The second-order valence-corrected chi connectivity index (χ2v) is 5.97. The van der Waals surface area contributed by atoms with Crippen LogP contribution in [0.5, 0.6) is 0 Å². The lowest BCUT2D eigenvalue weighted by Gasteiger charge is -2.16. The molecule has 0 fully saturated rings. The quantitative estimate of drug-likeness (QED) is 0.552. The maximum absolute atomic E-state index is 12.7. The van der Waals surface area contributed by atoms with Gasteiger partial charge in [0.05, 0.1) is 6.20 Å². The molecule has 1 heterocycles. The SMILES string of the molecule is NC(=O)C(=O)[C@H](Cc1ccccc1)NC(=O)c1[nH]ncc1-c1ccccc1. The first-order valence-electron chi connectivity index (χ1n) is 8.33. The topological polar surface area (TPSA) is 118 Å². The Balaban J connectivity index is 1.84. The second kappa shape index (κ2) is 8.09. The average molecular weight is 362 g/mol. The Morgan fingerprint density at radius 1 is 1.00 bits per heavy atom. The van der Waals surface area contributed by atoms with Gasteiger partial charge < -0.3 is 11.1 Å². The minimum atomic E-state index is -1.09. The van der Waals surface area contributed by atoms with Gasteiger partial charge in [-0.05, 0) is 11.1 Å². The van der Waals surface area contributed by atoms with E-state index in [0.29, 0.717) is 5.56 Å². The summed E-state index contributed by atoms with van der Waals surface area (Å²) in [6.45, 7) is 0. The Hall–Kier alpha value is -3.74. The van der Waals surface area contributed by atoms with E-state index in [1.54, 1.807) is 12.1 Å². The summed E-state index contributed by atoms with van der Waals surface area (Å²) in [4.78, 5) is 36.3. The predicted octanol–water partition coefficient (Wildman–Crippen LogP) is 1.47. The number of nitrogens with one attached hydrogen (secondary N) is 2. The molecule has 3 aromatic rings. The Morgan fingerprint density at radius 3 is 2.26 bits per heavy atom. The first-order valence-corrected chi connectivity index (χ1v) is 8.33. The van der Waals surface area contributed by atoms with Crippen LogP contribution in [0, 0.1) is 0 Å². The molecule has 27 heavy (non-hydrogen) atoms. The highest BCUT2D eigenvalue weighted by atomic mass is 16.2. The lowest BCUT2D eigenvalue weighted by molar-refractivity contribution is -0.137. The van der Waals surface area contributed by atoms with Crippen molar-refractivity contribution >= 4 is 17.6 Å². The highest BCUT2D eigenvalue weighted by Gasteiger charge is 2.27. The van der Waals surface area contributed by atoms with Gasteiger partial charge in [0, 0.05) is 12.0 Å². The van der Waals surface area contributed by atoms with Gasteiger partial charge in [0.25, 0.3) is 11.8 Å². The molecule has 4 N–H and O–H groups in total. The molecule has 1 atom stereocenters. The van der Waals surface area contributed by atoms with E-state index in [-0.39, 0.29) is 12.1 Å². The van der Waals surface area contributed by atoms with Gasteiger partial charge in [-0.2, -0.15) is 5.10 Å². The number of benzene rings is 2. The summed E-state index contributed by atoms with van der Waals surface area (Å²) in [5, 5.41) is 9.18. The molecule has 0 aliphatic heterocycles. The second-order valence-electron chi connectivity index (χ2n) is 5.97. The predicted molar refractivity (Wildman–Crippen MR) is 99.6 cm³/mol. The van der Waals surface area contributed by atoms with Crippen LogP contribution in [0.25, 0.3) is 11.1 Å². The highest BCUT2D eigenvalue weighted by Crippen LogP contribution is 2.21. The third-order valence-electron chi connectivity index (χ3n) is 4.10. The van der Waals surface area contributed by atoms with E-state index in [2.05, 4.69) is 15.5 Å². The number of carbonyl (C=O) groups excluding carboxylic acids is 3. The van der Waals surface area contributed by atoms with E-state index in [1.165, 1.54) is 6.20 Å². The number of primary amides is 1. The van der Waals surface area contributed by atoms with Crippen molar-refractivity contribution in [1.29, 1.82) is 0 Å². The molecule has 0 aliphatic carbocycles. The standard InChI is InChI=1S/C20H18N4O3/c21-19(26)18(25)16(11-13-7-3-1-4-8-13)23-20(27)17-15(12-22-24-17)14-9-5-2-6-10-14/h1-10,12,16H,11H2,(H2,21,26)(H,22,24)(H,23,27)/t16-/m0/s1. The van der Waals surface area contributed by atoms with Crippen molar-refractivity contribution in [3.63, 3.8) is 0 Å². The summed E-state index contributed by atoms with van der Waals surface area (Å²) < 4.78 is 0. The fourth-order valence-corrected chi connectivity index (χ4v) is 2.76. The summed E-state index contributed by atoms with van der Waals surface area (Å²) in [7, 11) is 0. The van der Waals surface area contributed by atoms with E-state index in [1.807, 2.05) is 48.5 Å². The van der Waals surface area contributed by atoms with Gasteiger partial charge in [-0.15, -0.1) is 0 Å². The number of amides is 2. The van der Waals surface area contributed by atoms with Gasteiger partial charge in [-0.25, -0.2) is 0 Å². The van der Waals surface area contributed by atoms with Crippen LogP contribution >= 0.6 is 0 Å². The maximum atomic E-state index is 12.7. The Morgan fingerprint density at radius 2 is 1.63 bits per heavy atom. The minimum absolute atomic E-state index is 0.156. The van der Waals surface area contributed by atoms with Crippen molar-refractivity contribution in [3.05, 3.63) is 78.1 Å². The molecule has 0 aliphatic rings. The number of nitrogens with zero attached hydrogens (tertiary/aromatic N) is 1. The lowest BCUT2D eigenvalue weighted by Crippen LogP contribution is -2.47. The molecule has 2 amide bonds. The fraction of sp³-hybridized carbons (Fsp3) is 0.100. The Labute approximate surface area is 155 Å². The van der Waals surface area contributed by atoms with Crippen LogP contribution in [0.2, 0.25) is 0 Å². The first kappa shape index (κ1) is 18.1. The molecule has 0 bridgehead atoms. The van der Waals surface area contributed by atoms with E-state index in [0.717, 1.165) is 11.1 Å². The largest absolute Gasteiger partial charge is 0.363 e. The monoisotopic (exact) mass is 362 g/mol. The average Bonchev–Trinajstić information content (AvgIpc) is 3.18. The van der Waals surface area contributed by atoms with E-state index in [9.17, 15) is 14.4 Å². The van der Waals surface area contributed by atoms with Crippen molar-refractivity contribution in [1.82, 2.24) is 15.5 Å². The summed E-state index contributed by atoms with van der Waals surface area (Å²) in [6, 6.07) is 17.3. The normalized spacial score (nSPS) is 11.6. The zero-order valence-electron chi connectivity index (χ0n) is 14.4. The molecular weight excluding hydrogens is 344 g/mol. The summed E-state index contributed by atoms with van der Waals surface area (Å²) >= 11 is 0. The molecule has 2 aromatic carbocycles. The Bertz CT molecular complexity index is 952. The molecule has 3 rings (SSSR count). The van der Waals surface area contributed by atoms with Crippen molar-refractivity contribution in [2.45, 2.75) is 12.5 Å². The molecule has 0 saturated carbocycles. The van der Waals surface area contributed by atoms with Gasteiger partial charge in [0.15, 0.2) is 0 Å². The summed E-state index contributed by atoms with van der Waals surface area (Å²) in [5.74, 6) is -2.49. The third kappa shape index (κ3) is 4.27. The number of carbonyl (C=O) groups is 3. The third-order valence-corrected chi connectivity index (χ3v) is 4.10. The molecule has 1 aromatic heterocycles. The fourth-order valence-electron chi connectivity index (χ4n) is 2.76. The van der Waals surface area contributed by atoms with E-state index < -0.39 is 23.6 Å². The van der Waals surface area contributed by atoms with Gasteiger partial charge >= 0.3 is 0 Å². The zero-order valence-corrected chi connectivity index (χ0v) is 14.4. The summed E-state index contributed by atoms with van der Waals surface area (Å²) in [6.07, 6.45) is 1.69. The van der Waals surface area contributed by atoms with E-state index in [4.69, 9.17) is 5.73 Å². The Kier molecular flexibility index (Phi) is 5.41. The number of ketones is 1. The smallest absolute Gasteiger partial charge is 0.287 e. The number of nitrogens with two attached hydrogens (primary N) is 1. The number of H-pyrrole nitrogens is 1. The van der Waals surface area contributed by atoms with Crippen LogP contribution in [-0.2, 0) is 16.0 Å². The molecule has 0 unspecified atom stereocenters. The number of hydrogen-bond acceptors (Lipinski definition) is 4. The highest BCUT2D eigenvalue weighted by molar-refractivity contribution is 6.38. The van der Waals surface area contributed by atoms with Gasteiger partial charge in [-0.1, -0.05) is 60.7 Å². The molecular formula is C20H18N4O3. The lowest BCUT2D eigenvalue weighted by atomic mass is 10.0. The zero-order chi connectivity index (χ0) is 19.2. The van der Waals surface area contributed by atoms with Crippen molar-refractivity contribution in [2.24, 2.45) is 5.73 Å². The van der Waals surface area contributed by atoms with Crippen LogP contribution in [0.1, 0.15) is 16.1 Å². The first-order chi connectivity index (χ1) is 13.1. The van der Waals surface area contributed by atoms with Crippen molar-refractivity contribution < 1.29 is 14.4 Å². The van der Waals surface area contributed by atoms with Gasteiger partial charge in [0.1, 0.15) is 11.7 Å². The number of Topliss-reactive ketones (excluding diaryl/α,β-unsaturated/α-hetero) is 1.